The molecule has 3 heteroatoms. The van der Waals surface area contributed by atoms with Gasteiger partial charge < -0.3 is 10.0 Å². The van der Waals surface area contributed by atoms with E-state index >= 15 is 0 Å². The number of rotatable bonds is 5. The summed E-state index contributed by atoms with van der Waals surface area (Å²) in [6, 6.07) is 1.52. The molecule has 0 aromatic heterocycles. The first-order valence-electron chi connectivity index (χ1n) is 6.26. The van der Waals surface area contributed by atoms with Crippen LogP contribution in [-0.4, -0.2) is 60.3 Å². The van der Waals surface area contributed by atoms with Crippen LogP contribution in [0.2, 0.25) is 0 Å². The molecule has 2 aliphatic rings. The molecule has 0 bridgehead atoms. The minimum absolute atomic E-state index is 0.364. The van der Waals surface area contributed by atoms with Crippen molar-refractivity contribution in [1.82, 2.24) is 9.80 Å². The number of aliphatic hydroxyl groups is 1. The predicted molar refractivity (Wildman–Crippen MR) is 61.9 cm³/mol. The van der Waals surface area contributed by atoms with E-state index in [1.807, 2.05) is 0 Å². The highest BCUT2D eigenvalue weighted by atomic mass is 16.3. The number of likely N-dealkylation sites (N-methyl/N-ethyl adjacent to an activating group) is 1. The summed E-state index contributed by atoms with van der Waals surface area (Å²) in [6.07, 6.45) is 3.95. The van der Waals surface area contributed by atoms with Crippen LogP contribution < -0.4 is 0 Å². The van der Waals surface area contributed by atoms with E-state index in [9.17, 15) is 0 Å². The smallest absolute Gasteiger partial charge is 0.0471 e. The standard InChI is InChI=1S/C12H24N2O/c1-10(13(2)12-3-4-12)7-14-6-5-11(8-14)9-15/h10-12,15H,3-9H2,1-2H3. The van der Waals surface area contributed by atoms with Crippen LogP contribution in [0.15, 0.2) is 0 Å². The van der Waals surface area contributed by atoms with Crippen LogP contribution in [0.3, 0.4) is 0 Å². The van der Waals surface area contributed by atoms with E-state index in [1.54, 1.807) is 0 Å². The second-order valence-electron chi connectivity index (χ2n) is 5.34. The largest absolute Gasteiger partial charge is 0.396 e. The van der Waals surface area contributed by atoms with E-state index in [0.717, 1.165) is 12.6 Å². The van der Waals surface area contributed by atoms with Crippen molar-refractivity contribution < 1.29 is 5.11 Å². The van der Waals surface area contributed by atoms with Gasteiger partial charge in [0.15, 0.2) is 0 Å². The van der Waals surface area contributed by atoms with Crippen molar-refractivity contribution >= 4 is 0 Å². The highest BCUT2D eigenvalue weighted by Crippen LogP contribution is 2.27. The minimum Gasteiger partial charge on any atom is -0.396 e. The Balaban J connectivity index is 1.71. The zero-order valence-electron chi connectivity index (χ0n) is 10.0. The quantitative estimate of drug-likeness (QED) is 0.729. The molecule has 1 aliphatic heterocycles. The van der Waals surface area contributed by atoms with Crippen molar-refractivity contribution in [3.8, 4) is 0 Å². The molecule has 1 N–H and O–H groups in total. The Kier molecular flexibility index (Phi) is 3.65. The third-order valence-electron chi connectivity index (χ3n) is 3.97. The van der Waals surface area contributed by atoms with Crippen LogP contribution in [0.1, 0.15) is 26.2 Å². The molecule has 0 spiro atoms. The third kappa shape index (κ3) is 2.92. The van der Waals surface area contributed by atoms with Crippen molar-refractivity contribution in [2.75, 3.05) is 33.3 Å². The van der Waals surface area contributed by atoms with Crippen LogP contribution in [0.25, 0.3) is 0 Å². The van der Waals surface area contributed by atoms with Gasteiger partial charge in [0.1, 0.15) is 0 Å². The maximum Gasteiger partial charge on any atom is 0.0471 e. The van der Waals surface area contributed by atoms with Crippen LogP contribution in [0.4, 0.5) is 0 Å². The Hall–Kier alpha value is -0.120. The topological polar surface area (TPSA) is 26.7 Å². The summed E-state index contributed by atoms with van der Waals surface area (Å²) in [5, 5.41) is 9.09. The molecule has 88 valence electrons. The van der Waals surface area contributed by atoms with Gasteiger partial charge in [-0.05, 0) is 45.7 Å². The summed E-state index contributed by atoms with van der Waals surface area (Å²) < 4.78 is 0. The van der Waals surface area contributed by atoms with Gasteiger partial charge in [-0.15, -0.1) is 0 Å². The molecule has 15 heavy (non-hydrogen) atoms. The molecule has 0 radical (unpaired) electrons. The van der Waals surface area contributed by atoms with Crippen molar-refractivity contribution in [2.24, 2.45) is 5.92 Å². The summed E-state index contributed by atoms with van der Waals surface area (Å²) in [5.74, 6) is 0.531. The molecular formula is C12H24N2O. The van der Waals surface area contributed by atoms with Gasteiger partial charge in [0.25, 0.3) is 0 Å². The highest BCUT2D eigenvalue weighted by Gasteiger charge is 2.31. The molecule has 0 aromatic carbocycles. The van der Waals surface area contributed by atoms with Crippen LogP contribution in [0.5, 0.6) is 0 Å². The third-order valence-corrected chi connectivity index (χ3v) is 3.97. The molecule has 2 rings (SSSR count). The molecule has 2 fully saturated rings. The van der Waals surface area contributed by atoms with E-state index in [-0.39, 0.29) is 0 Å². The first-order valence-corrected chi connectivity index (χ1v) is 6.26. The van der Waals surface area contributed by atoms with Gasteiger partial charge in [0.2, 0.25) is 0 Å². The number of likely N-dealkylation sites (tertiary alicyclic amines) is 1. The molecule has 1 aliphatic carbocycles. The monoisotopic (exact) mass is 212 g/mol. The van der Waals surface area contributed by atoms with Gasteiger partial charge in [-0.1, -0.05) is 0 Å². The second-order valence-corrected chi connectivity index (χ2v) is 5.34. The summed E-state index contributed by atoms with van der Waals surface area (Å²) in [7, 11) is 2.25. The predicted octanol–water partition coefficient (Wildman–Crippen LogP) is 0.783. The Morgan fingerprint density at radius 2 is 2.13 bits per heavy atom. The fraction of sp³-hybridized carbons (Fsp3) is 1.00. The van der Waals surface area contributed by atoms with Gasteiger partial charge in [-0.25, -0.2) is 0 Å². The number of aliphatic hydroxyl groups excluding tert-OH is 1. The molecule has 0 amide bonds. The molecule has 0 aromatic rings. The molecule has 2 atom stereocenters. The summed E-state index contributed by atoms with van der Waals surface area (Å²) in [5.41, 5.74) is 0. The molecular weight excluding hydrogens is 188 g/mol. The first-order chi connectivity index (χ1) is 7.20. The minimum atomic E-state index is 0.364. The van der Waals surface area contributed by atoms with E-state index in [1.165, 1.54) is 32.4 Å². The van der Waals surface area contributed by atoms with Gasteiger partial charge in [0.05, 0.1) is 0 Å². The van der Waals surface area contributed by atoms with Crippen molar-refractivity contribution in [2.45, 2.75) is 38.3 Å². The maximum absolute atomic E-state index is 9.09. The lowest BCUT2D eigenvalue weighted by molar-refractivity contribution is 0.173. The molecule has 2 unspecified atom stereocenters. The highest BCUT2D eigenvalue weighted by molar-refractivity contribution is 4.87. The lowest BCUT2D eigenvalue weighted by atomic mass is 10.1. The van der Waals surface area contributed by atoms with Crippen LogP contribution in [-0.2, 0) is 0 Å². The fourth-order valence-electron chi connectivity index (χ4n) is 2.57. The average molecular weight is 212 g/mol. The summed E-state index contributed by atoms with van der Waals surface area (Å²) in [6.45, 7) is 6.13. The van der Waals surface area contributed by atoms with Gasteiger partial charge >= 0.3 is 0 Å². The van der Waals surface area contributed by atoms with Crippen LogP contribution >= 0.6 is 0 Å². The summed E-state index contributed by atoms with van der Waals surface area (Å²) >= 11 is 0. The Morgan fingerprint density at radius 3 is 2.67 bits per heavy atom. The number of hydrogen-bond acceptors (Lipinski definition) is 3. The van der Waals surface area contributed by atoms with E-state index < -0.39 is 0 Å². The molecule has 1 heterocycles. The van der Waals surface area contributed by atoms with Crippen LogP contribution in [0, 0.1) is 5.92 Å². The summed E-state index contributed by atoms with van der Waals surface area (Å²) in [4.78, 5) is 5.02. The first kappa shape index (κ1) is 11.4. The lowest BCUT2D eigenvalue weighted by Crippen LogP contribution is -2.40. The Labute approximate surface area is 93.1 Å². The molecule has 1 saturated carbocycles. The molecule has 3 nitrogen and oxygen atoms in total. The lowest BCUT2D eigenvalue weighted by Gasteiger charge is -2.28. The fourth-order valence-corrected chi connectivity index (χ4v) is 2.57. The van der Waals surface area contributed by atoms with Crippen molar-refractivity contribution in [3.63, 3.8) is 0 Å². The van der Waals surface area contributed by atoms with Gasteiger partial charge in [-0.2, -0.15) is 0 Å². The van der Waals surface area contributed by atoms with E-state index in [4.69, 9.17) is 5.11 Å². The Bertz CT molecular complexity index is 206. The SMILES string of the molecule is CC(CN1CCC(CO)C1)N(C)C1CC1. The normalized spacial score (nSPS) is 30.0. The zero-order valence-corrected chi connectivity index (χ0v) is 10.0. The molecule has 1 saturated heterocycles. The zero-order chi connectivity index (χ0) is 10.8. The van der Waals surface area contributed by atoms with E-state index in [0.29, 0.717) is 18.6 Å². The van der Waals surface area contributed by atoms with E-state index in [2.05, 4.69) is 23.8 Å². The maximum atomic E-state index is 9.09. The van der Waals surface area contributed by atoms with Crippen molar-refractivity contribution in [1.29, 1.82) is 0 Å². The number of hydrogen-bond donors (Lipinski definition) is 1. The van der Waals surface area contributed by atoms with Gasteiger partial charge in [-0.3, -0.25) is 4.90 Å². The second kappa shape index (κ2) is 4.81. The van der Waals surface area contributed by atoms with Crippen molar-refractivity contribution in [3.05, 3.63) is 0 Å². The van der Waals surface area contributed by atoms with Gasteiger partial charge in [0, 0.05) is 31.8 Å². The Morgan fingerprint density at radius 1 is 1.40 bits per heavy atom. The average Bonchev–Trinajstić information content (AvgIpc) is 2.98. The number of nitrogens with zero attached hydrogens (tertiary/aromatic N) is 2.